The number of methoxy groups -OCH3 is 1. The number of hydrogen-bond donors (Lipinski definition) is 1. The molecule has 1 unspecified atom stereocenters. The summed E-state index contributed by atoms with van der Waals surface area (Å²) in [7, 11) is 1.63. The molecular weight excluding hydrogens is 316 g/mol. The van der Waals surface area contributed by atoms with Gasteiger partial charge >= 0.3 is 0 Å². The summed E-state index contributed by atoms with van der Waals surface area (Å²) in [6.07, 6.45) is 3.47. The molecule has 1 aliphatic heterocycles. The number of rotatable bonds is 5. The van der Waals surface area contributed by atoms with Crippen molar-refractivity contribution in [3.63, 3.8) is 0 Å². The smallest absolute Gasteiger partial charge is 0.246 e. The predicted molar refractivity (Wildman–Crippen MR) is 99.2 cm³/mol. The van der Waals surface area contributed by atoms with Gasteiger partial charge in [0.25, 0.3) is 0 Å². The number of ether oxygens (including phenoxy) is 1. The zero-order chi connectivity index (χ0) is 18.4. The van der Waals surface area contributed by atoms with E-state index in [0.29, 0.717) is 6.54 Å². The van der Waals surface area contributed by atoms with Gasteiger partial charge in [-0.2, -0.15) is 0 Å². The van der Waals surface area contributed by atoms with Gasteiger partial charge in [0.2, 0.25) is 11.8 Å². The first-order valence-electron chi connectivity index (χ1n) is 8.83. The molecule has 1 N–H and O–H groups in total. The van der Waals surface area contributed by atoms with Crippen LogP contribution in [0.25, 0.3) is 5.57 Å². The minimum Gasteiger partial charge on any atom is -0.496 e. The molecule has 0 bridgehead atoms. The van der Waals surface area contributed by atoms with Gasteiger partial charge in [-0.15, -0.1) is 0 Å². The van der Waals surface area contributed by atoms with Crippen molar-refractivity contribution in [3.05, 3.63) is 35.9 Å². The quantitative estimate of drug-likeness (QED) is 0.836. The van der Waals surface area contributed by atoms with Crippen LogP contribution in [0.2, 0.25) is 0 Å². The van der Waals surface area contributed by atoms with Crippen molar-refractivity contribution in [1.29, 1.82) is 0 Å². The number of benzene rings is 1. The van der Waals surface area contributed by atoms with Gasteiger partial charge in [0.05, 0.1) is 7.11 Å². The van der Waals surface area contributed by atoms with Crippen molar-refractivity contribution >= 4 is 17.4 Å². The molecule has 5 heteroatoms. The summed E-state index contributed by atoms with van der Waals surface area (Å²) < 4.78 is 5.36. The molecule has 0 saturated carbocycles. The number of likely N-dealkylation sites (tertiary alicyclic amines) is 1. The van der Waals surface area contributed by atoms with Gasteiger partial charge in [0.15, 0.2) is 0 Å². The third-order valence-corrected chi connectivity index (χ3v) is 4.48. The molecule has 1 atom stereocenters. The second-order valence-electron chi connectivity index (χ2n) is 6.81. The van der Waals surface area contributed by atoms with Crippen LogP contribution >= 0.6 is 0 Å². The molecule has 5 nitrogen and oxygen atoms in total. The Bertz CT molecular complexity index is 652. The number of para-hydroxylation sites is 1. The van der Waals surface area contributed by atoms with Gasteiger partial charge in [0.1, 0.15) is 5.75 Å². The van der Waals surface area contributed by atoms with Crippen LogP contribution in [0, 0.1) is 5.92 Å². The molecular formula is C20H28N2O3. The van der Waals surface area contributed by atoms with E-state index in [9.17, 15) is 9.59 Å². The first-order valence-corrected chi connectivity index (χ1v) is 8.83. The third-order valence-electron chi connectivity index (χ3n) is 4.48. The van der Waals surface area contributed by atoms with E-state index in [0.717, 1.165) is 36.3 Å². The van der Waals surface area contributed by atoms with Crippen LogP contribution in [0.1, 0.15) is 39.2 Å². The lowest BCUT2D eigenvalue weighted by Gasteiger charge is -2.33. The lowest BCUT2D eigenvalue weighted by Crippen LogP contribution is -2.50. The Labute approximate surface area is 150 Å². The van der Waals surface area contributed by atoms with E-state index in [1.165, 1.54) is 0 Å². The molecule has 0 radical (unpaired) electrons. The number of carbonyl (C=O) groups is 2. The maximum absolute atomic E-state index is 12.6. The standard InChI is InChI=1S/C20H28N2O3/c1-14(2)20(24)21-16-8-7-11-22(13-16)19(23)12-15(3)17-9-5-6-10-18(17)25-4/h5-6,9-10,12,14,16H,7-8,11,13H2,1-4H3,(H,21,24)/b15-12+. The van der Waals surface area contributed by atoms with E-state index in [1.54, 1.807) is 13.2 Å². The van der Waals surface area contributed by atoms with Crippen LogP contribution in [-0.4, -0.2) is 43.0 Å². The Morgan fingerprint density at radius 2 is 2.04 bits per heavy atom. The molecule has 2 amide bonds. The maximum Gasteiger partial charge on any atom is 0.246 e. The number of hydrogen-bond acceptors (Lipinski definition) is 3. The average Bonchev–Trinajstić information content (AvgIpc) is 2.61. The Morgan fingerprint density at radius 3 is 2.72 bits per heavy atom. The van der Waals surface area contributed by atoms with E-state index in [1.807, 2.05) is 49.9 Å². The van der Waals surface area contributed by atoms with Crippen LogP contribution in [-0.2, 0) is 9.59 Å². The highest BCUT2D eigenvalue weighted by Crippen LogP contribution is 2.25. The number of allylic oxidation sites excluding steroid dienone is 1. The fraction of sp³-hybridized carbons (Fsp3) is 0.500. The number of carbonyl (C=O) groups excluding carboxylic acids is 2. The molecule has 1 saturated heterocycles. The highest BCUT2D eigenvalue weighted by molar-refractivity contribution is 5.95. The Hall–Kier alpha value is -2.30. The maximum atomic E-state index is 12.6. The fourth-order valence-electron chi connectivity index (χ4n) is 2.99. The minimum atomic E-state index is -0.0428. The molecule has 1 aromatic carbocycles. The summed E-state index contributed by atoms with van der Waals surface area (Å²) in [5, 5.41) is 3.03. The van der Waals surface area contributed by atoms with E-state index in [2.05, 4.69) is 5.32 Å². The van der Waals surface area contributed by atoms with Crippen LogP contribution in [0.4, 0.5) is 0 Å². The van der Waals surface area contributed by atoms with Gasteiger partial charge < -0.3 is 15.0 Å². The normalized spacial score (nSPS) is 18.2. The number of nitrogens with one attached hydrogen (secondary N) is 1. The van der Waals surface area contributed by atoms with Gasteiger partial charge in [-0.05, 0) is 31.4 Å². The number of amides is 2. The highest BCUT2D eigenvalue weighted by Gasteiger charge is 2.24. The van der Waals surface area contributed by atoms with Crippen LogP contribution in [0.3, 0.4) is 0 Å². The molecule has 0 spiro atoms. The molecule has 1 aliphatic rings. The van der Waals surface area contributed by atoms with Crippen molar-refractivity contribution in [2.24, 2.45) is 5.92 Å². The monoisotopic (exact) mass is 344 g/mol. The molecule has 0 aliphatic carbocycles. The van der Waals surface area contributed by atoms with Gasteiger partial charge in [0, 0.05) is 36.7 Å². The molecule has 0 aromatic heterocycles. The Balaban J connectivity index is 2.05. The summed E-state index contributed by atoms with van der Waals surface area (Å²) >= 11 is 0. The minimum absolute atomic E-state index is 0.0214. The fourth-order valence-corrected chi connectivity index (χ4v) is 2.99. The zero-order valence-electron chi connectivity index (χ0n) is 15.5. The molecule has 1 heterocycles. The largest absolute Gasteiger partial charge is 0.496 e. The van der Waals surface area contributed by atoms with Crippen molar-refractivity contribution in [2.75, 3.05) is 20.2 Å². The van der Waals surface area contributed by atoms with Crippen LogP contribution < -0.4 is 10.1 Å². The molecule has 25 heavy (non-hydrogen) atoms. The summed E-state index contributed by atoms with van der Waals surface area (Å²) in [5.74, 6) is 0.732. The Kier molecular flexibility index (Phi) is 6.62. The molecule has 1 aromatic rings. The average molecular weight is 344 g/mol. The van der Waals surface area contributed by atoms with Crippen molar-refractivity contribution in [3.8, 4) is 5.75 Å². The molecule has 1 fully saturated rings. The Morgan fingerprint density at radius 1 is 1.32 bits per heavy atom. The van der Waals surface area contributed by atoms with Gasteiger partial charge in [-0.1, -0.05) is 32.0 Å². The summed E-state index contributed by atoms with van der Waals surface area (Å²) in [6, 6.07) is 7.70. The second kappa shape index (κ2) is 8.70. The lowest BCUT2D eigenvalue weighted by atomic mass is 10.0. The van der Waals surface area contributed by atoms with E-state index in [4.69, 9.17) is 4.74 Å². The topological polar surface area (TPSA) is 58.6 Å². The zero-order valence-corrected chi connectivity index (χ0v) is 15.5. The molecule has 2 rings (SSSR count). The van der Waals surface area contributed by atoms with Crippen molar-refractivity contribution in [2.45, 2.75) is 39.7 Å². The van der Waals surface area contributed by atoms with Crippen molar-refractivity contribution < 1.29 is 14.3 Å². The van der Waals surface area contributed by atoms with Crippen LogP contribution in [0.5, 0.6) is 5.75 Å². The highest BCUT2D eigenvalue weighted by atomic mass is 16.5. The first kappa shape index (κ1) is 19.0. The number of nitrogens with zero attached hydrogens (tertiary/aromatic N) is 1. The lowest BCUT2D eigenvalue weighted by molar-refractivity contribution is -0.130. The van der Waals surface area contributed by atoms with E-state index < -0.39 is 0 Å². The molecule has 136 valence electrons. The van der Waals surface area contributed by atoms with E-state index in [-0.39, 0.29) is 23.8 Å². The third kappa shape index (κ3) is 5.08. The summed E-state index contributed by atoms with van der Waals surface area (Å²) in [4.78, 5) is 26.3. The second-order valence-corrected chi connectivity index (χ2v) is 6.81. The predicted octanol–water partition coefficient (Wildman–Crippen LogP) is 2.86. The first-order chi connectivity index (χ1) is 11.9. The summed E-state index contributed by atoms with van der Waals surface area (Å²) in [6.45, 7) is 6.95. The van der Waals surface area contributed by atoms with Gasteiger partial charge in [-0.3, -0.25) is 9.59 Å². The van der Waals surface area contributed by atoms with Crippen molar-refractivity contribution in [1.82, 2.24) is 10.2 Å². The number of piperidine rings is 1. The van der Waals surface area contributed by atoms with E-state index >= 15 is 0 Å². The van der Waals surface area contributed by atoms with Gasteiger partial charge in [-0.25, -0.2) is 0 Å². The summed E-state index contributed by atoms with van der Waals surface area (Å²) in [5.41, 5.74) is 1.79. The SMILES string of the molecule is COc1ccccc1/C(C)=C/C(=O)N1CCCC(NC(=O)C(C)C)C1. The van der Waals surface area contributed by atoms with Crippen LogP contribution in [0.15, 0.2) is 30.3 Å².